The number of aromatic nitrogens is 1. The summed E-state index contributed by atoms with van der Waals surface area (Å²) in [7, 11) is 0. The number of pyridine rings is 1. The standard InChI is InChI=1S/C11H11FN2O2/c12-8-2-4-10(13-6-8)14-11(16)7-1-3-9(15)5-7/h2,4,6-7H,1,3,5H2,(H,13,14,16). The highest BCUT2D eigenvalue weighted by atomic mass is 19.1. The summed E-state index contributed by atoms with van der Waals surface area (Å²) in [5, 5.41) is 2.56. The summed E-state index contributed by atoms with van der Waals surface area (Å²) >= 11 is 0. The largest absolute Gasteiger partial charge is 0.310 e. The fraction of sp³-hybridized carbons (Fsp3) is 0.364. The average molecular weight is 222 g/mol. The normalized spacial score (nSPS) is 19.8. The molecular weight excluding hydrogens is 211 g/mol. The number of anilines is 1. The Bertz CT molecular complexity index is 416. The molecule has 1 unspecified atom stereocenters. The molecule has 0 aliphatic heterocycles. The van der Waals surface area contributed by atoms with Crippen molar-refractivity contribution in [1.29, 1.82) is 0 Å². The zero-order valence-corrected chi connectivity index (χ0v) is 8.57. The molecule has 1 N–H and O–H groups in total. The van der Waals surface area contributed by atoms with Gasteiger partial charge in [0.2, 0.25) is 5.91 Å². The van der Waals surface area contributed by atoms with Gasteiger partial charge >= 0.3 is 0 Å². The van der Waals surface area contributed by atoms with E-state index in [1.807, 2.05) is 0 Å². The van der Waals surface area contributed by atoms with Gasteiger partial charge in [-0.05, 0) is 18.6 Å². The van der Waals surface area contributed by atoms with Gasteiger partial charge in [0.25, 0.3) is 0 Å². The van der Waals surface area contributed by atoms with Gasteiger partial charge in [-0.25, -0.2) is 9.37 Å². The number of carbonyl (C=O) groups is 2. The van der Waals surface area contributed by atoms with E-state index in [0.29, 0.717) is 25.1 Å². The first-order valence-corrected chi connectivity index (χ1v) is 5.09. The Balaban J connectivity index is 1.97. The highest BCUT2D eigenvalue weighted by Gasteiger charge is 2.28. The van der Waals surface area contributed by atoms with Gasteiger partial charge in [0.05, 0.1) is 6.20 Å². The third kappa shape index (κ3) is 2.42. The molecule has 1 amide bonds. The molecule has 0 radical (unpaired) electrons. The Labute approximate surface area is 91.9 Å². The van der Waals surface area contributed by atoms with Crippen molar-refractivity contribution in [3.8, 4) is 0 Å². The van der Waals surface area contributed by atoms with E-state index in [4.69, 9.17) is 0 Å². The maximum atomic E-state index is 12.6. The van der Waals surface area contributed by atoms with E-state index in [1.54, 1.807) is 0 Å². The fourth-order valence-corrected chi connectivity index (χ4v) is 1.72. The molecule has 1 aliphatic rings. The molecule has 1 aromatic rings. The first-order chi connectivity index (χ1) is 7.65. The zero-order valence-electron chi connectivity index (χ0n) is 8.57. The van der Waals surface area contributed by atoms with E-state index < -0.39 is 5.82 Å². The minimum absolute atomic E-state index is 0.118. The number of carbonyl (C=O) groups excluding carboxylic acids is 2. The number of hydrogen-bond acceptors (Lipinski definition) is 3. The Morgan fingerprint density at radius 2 is 2.31 bits per heavy atom. The molecule has 1 aliphatic carbocycles. The first kappa shape index (κ1) is 10.7. The number of amides is 1. The van der Waals surface area contributed by atoms with Gasteiger partial charge in [-0.3, -0.25) is 9.59 Å². The molecule has 4 nitrogen and oxygen atoms in total. The molecule has 5 heteroatoms. The van der Waals surface area contributed by atoms with Gasteiger partial charge in [0.15, 0.2) is 0 Å². The highest BCUT2D eigenvalue weighted by molar-refractivity contribution is 5.96. The molecular formula is C11H11FN2O2. The molecule has 0 aromatic carbocycles. The molecule has 0 bridgehead atoms. The lowest BCUT2D eigenvalue weighted by Gasteiger charge is -2.08. The number of halogens is 1. The smallest absolute Gasteiger partial charge is 0.229 e. The van der Waals surface area contributed by atoms with Crippen LogP contribution < -0.4 is 5.32 Å². The van der Waals surface area contributed by atoms with Crippen LogP contribution in [0.5, 0.6) is 0 Å². The van der Waals surface area contributed by atoms with E-state index in [-0.39, 0.29) is 17.6 Å². The van der Waals surface area contributed by atoms with Crippen molar-refractivity contribution in [3.63, 3.8) is 0 Å². The van der Waals surface area contributed by atoms with Gasteiger partial charge < -0.3 is 5.32 Å². The van der Waals surface area contributed by atoms with E-state index in [0.717, 1.165) is 6.20 Å². The summed E-state index contributed by atoms with van der Waals surface area (Å²) in [5.41, 5.74) is 0. The lowest BCUT2D eigenvalue weighted by Crippen LogP contribution is -2.21. The Morgan fingerprint density at radius 3 is 2.88 bits per heavy atom. The molecule has 16 heavy (non-hydrogen) atoms. The number of Topliss-reactive ketones (excluding diaryl/α,β-unsaturated/α-hetero) is 1. The lowest BCUT2D eigenvalue weighted by atomic mass is 10.1. The maximum absolute atomic E-state index is 12.6. The van der Waals surface area contributed by atoms with Crippen LogP contribution in [-0.2, 0) is 9.59 Å². The SMILES string of the molecule is O=C1CCC(C(=O)Nc2ccc(F)cn2)C1. The Kier molecular flexibility index (Phi) is 2.94. The molecule has 0 spiro atoms. The Hall–Kier alpha value is -1.78. The van der Waals surface area contributed by atoms with Crippen LogP contribution >= 0.6 is 0 Å². The van der Waals surface area contributed by atoms with E-state index >= 15 is 0 Å². The highest BCUT2D eigenvalue weighted by Crippen LogP contribution is 2.23. The molecule has 84 valence electrons. The van der Waals surface area contributed by atoms with Crippen molar-refractivity contribution in [2.45, 2.75) is 19.3 Å². The maximum Gasteiger partial charge on any atom is 0.229 e. The van der Waals surface area contributed by atoms with Crippen LogP contribution in [0.3, 0.4) is 0 Å². The second-order valence-electron chi connectivity index (χ2n) is 3.83. The van der Waals surface area contributed by atoms with Crippen molar-refractivity contribution < 1.29 is 14.0 Å². The lowest BCUT2D eigenvalue weighted by molar-refractivity contribution is -0.122. The summed E-state index contributed by atoms with van der Waals surface area (Å²) in [5.74, 6) is -0.503. The quantitative estimate of drug-likeness (QED) is 0.825. The molecule has 1 aromatic heterocycles. The molecule has 2 rings (SSSR count). The van der Waals surface area contributed by atoms with Gasteiger partial charge in [-0.2, -0.15) is 0 Å². The van der Waals surface area contributed by atoms with Gasteiger partial charge in [0, 0.05) is 18.8 Å². The van der Waals surface area contributed by atoms with E-state index in [9.17, 15) is 14.0 Å². The van der Waals surface area contributed by atoms with Crippen LogP contribution in [0.25, 0.3) is 0 Å². The minimum atomic E-state index is -0.450. The van der Waals surface area contributed by atoms with Crippen LogP contribution in [0.1, 0.15) is 19.3 Å². The van der Waals surface area contributed by atoms with Crippen LogP contribution in [0.4, 0.5) is 10.2 Å². The number of ketones is 1. The molecule has 0 saturated heterocycles. The van der Waals surface area contributed by atoms with Crippen LogP contribution in [0.2, 0.25) is 0 Å². The monoisotopic (exact) mass is 222 g/mol. The fourth-order valence-electron chi connectivity index (χ4n) is 1.72. The summed E-state index contributed by atoms with van der Waals surface area (Å²) in [4.78, 5) is 26.4. The van der Waals surface area contributed by atoms with Gasteiger partial charge in [0.1, 0.15) is 17.4 Å². The predicted molar refractivity (Wildman–Crippen MR) is 55.2 cm³/mol. The first-order valence-electron chi connectivity index (χ1n) is 5.09. The second kappa shape index (κ2) is 4.38. The Morgan fingerprint density at radius 1 is 1.50 bits per heavy atom. The van der Waals surface area contributed by atoms with Crippen molar-refractivity contribution in [1.82, 2.24) is 4.98 Å². The molecule has 1 fully saturated rings. The van der Waals surface area contributed by atoms with Crippen LogP contribution in [-0.4, -0.2) is 16.7 Å². The van der Waals surface area contributed by atoms with Crippen LogP contribution in [0.15, 0.2) is 18.3 Å². The van der Waals surface area contributed by atoms with Crippen molar-refractivity contribution in [2.75, 3.05) is 5.32 Å². The number of nitrogens with one attached hydrogen (secondary N) is 1. The van der Waals surface area contributed by atoms with Gasteiger partial charge in [-0.15, -0.1) is 0 Å². The van der Waals surface area contributed by atoms with Crippen molar-refractivity contribution in [3.05, 3.63) is 24.1 Å². The van der Waals surface area contributed by atoms with E-state index in [2.05, 4.69) is 10.3 Å². The zero-order chi connectivity index (χ0) is 11.5. The number of nitrogens with zero attached hydrogens (tertiary/aromatic N) is 1. The topological polar surface area (TPSA) is 59.1 Å². The van der Waals surface area contributed by atoms with Gasteiger partial charge in [-0.1, -0.05) is 0 Å². The second-order valence-corrected chi connectivity index (χ2v) is 3.83. The van der Waals surface area contributed by atoms with E-state index in [1.165, 1.54) is 12.1 Å². The third-order valence-corrected chi connectivity index (χ3v) is 2.60. The van der Waals surface area contributed by atoms with Crippen LogP contribution in [0, 0.1) is 11.7 Å². The molecule has 1 atom stereocenters. The average Bonchev–Trinajstić information content (AvgIpc) is 2.68. The molecule has 1 heterocycles. The van der Waals surface area contributed by atoms with Crippen molar-refractivity contribution in [2.24, 2.45) is 5.92 Å². The molecule has 1 saturated carbocycles. The summed E-state index contributed by atoms with van der Waals surface area (Å²) in [6, 6.07) is 2.62. The number of rotatable bonds is 2. The summed E-state index contributed by atoms with van der Waals surface area (Å²) < 4.78 is 12.6. The van der Waals surface area contributed by atoms with Crippen molar-refractivity contribution >= 4 is 17.5 Å². The summed E-state index contributed by atoms with van der Waals surface area (Å²) in [6.45, 7) is 0. The number of hydrogen-bond donors (Lipinski definition) is 1. The third-order valence-electron chi connectivity index (χ3n) is 2.60. The minimum Gasteiger partial charge on any atom is -0.310 e. The summed E-state index contributed by atoms with van der Waals surface area (Å²) in [6.07, 6.45) is 2.39. The predicted octanol–water partition coefficient (Wildman–Crippen LogP) is 1.53.